The van der Waals surface area contributed by atoms with Crippen LogP contribution >= 0.6 is 0 Å². The van der Waals surface area contributed by atoms with E-state index in [9.17, 15) is 19.5 Å². The van der Waals surface area contributed by atoms with E-state index in [1.807, 2.05) is 6.08 Å². The number of hydrogen-bond donors (Lipinski definition) is 1. The number of carboxylic acids is 1. The summed E-state index contributed by atoms with van der Waals surface area (Å²) in [5.41, 5.74) is 0.838. The van der Waals surface area contributed by atoms with Crippen LogP contribution in [0.2, 0.25) is 0 Å². The molecule has 0 aromatic heterocycles. The van der Waals surface area contributed by atoms with E-state index < -0.39 is 5.97 Å². The highest BCUT2D eigenvalue weighted by atomic mass is 16.5. The van der Waals surface area contributed by atoms with Crippen LogP contribution in [0.15, 0.2) is 11.6 Å². The number of hydrogen-bond acceptors (Lipinski definition) is 4. The second-order valence-corrected chi connectivity index (χ2v) is 9.50. The predicted octanol–water partition coefficient (Wildman–Crippen LogP) is 3.76. The molecule has 3 saturated carbocycles. The van der Waals surface area contributed by atoms with Gasteiger partial charge in [-0.15, -0.1) is 0 Å². The van der Waals surface area contributed by atoms with Crippen LogP contribution in [0, 0.1) is 34.5 Å². The smallest absolute Gasteiger partial charge is 0.307 e. The summed E-state index contributed by atoms with van der Waals surface area (Å²) in [4.78, 5) is 35.4. The third-order valence-electron chi connectivity index (χ3n) is 8.52. The SMILES string of the molecule is CC(=O)OCC12CCC(=O)C=C1CCC1C2CCC2(C)C(C(=O)O)CCC12. The monoisotopic (exact) mass is 374 g/mol. The van der Waals surface area contributed by atoms with E-state index in [1.165, 1.54) is 12.5 Å². The first-order valence-corrected chi connectivity index (χ1v) is 10.4. The van der Waals surface area contributed by atoms with E-state index >= 15 is 0 Å². The summed E-state index contributed by atoms with van der Waals surface area (Å²) in [5.74, 6) is 0.311. The Hall–Kier alpha value is -1.65. The fourth-order valence-electron chi connectivity index (χ4n) is 7.27. The van der Waals surface area contributed by atoms with Crippen LogP contribution in [0.3, 0.4) is 0 Å². The molecule has 27 heavy (non-hydrogen) atoms. The minimum atomic E-state index is -0.646. The van der Waals surface area contributed by atoms with Gasteiger partial charge in [0.05, 0.1) is 5.92 Å². The molecule has 0 heterocycles. The van der Waals surface area contributed by atoms with Crippen molar-refractivity contribution in [1.29, 1.82) is 0 Å². The third-order valence-corrected chi connectivity index (χ3v) is 8.52. The Labute approximate surface area is 160 Å². The molecule has 0 aromatic rings. The molecule has 0 bridgehead atoms. The maximum absolute atomic E-state index is 12.1. The molecule has 0 aromatic carbocycles. The lowest BCUT2D eigenvalue weighted by molar-refractivity contribution is -0.155. The van der Waals surface area contributed by atoms with Crippen molar-refractivity contribution in [2.24, 2.45) is 34.5 Å². The summed E-state index contributed by atoms with van der Waals surface area (Å²) >= 11 is 0. The summed E-state index contributed by atoms with van der Waals surface area (Å²) in [6.45, 7) is 4.00. The quantitative estimate of drug-likeness (QED) is 0.761. The number of ether oxygens (including phenoxy) is 1. The Morgan fingerprint density at radius 3 is 2.63 bits per heavy atom. The molecule has 6 atom stereocenters. The van der Waals surface area contributed by atoms with Gasteiger partial charge in [0.15, 0.2) is 5.78 Å². The van der Waals surface area contributed by atoms with Crippen molar-refractivity contribution < 1.29 is 24.2 Å². The lowest BCUT2D eigenvalue weighted by Crippen LogP contribution is -2.53. The number of esters is 1. The molecule has 5 nitrogen and oxygen atoms in total. The van der Waals surface area contributed by atoms with Crippen LogP contribution in [0.4, 0.5) is 0 Å². The van der Waals surface area contributed by atoms with Crippen LogP contribution in [-0.2, 0) is 19.1 Å². The number of carboxylic acid groups (broad SMARTS) is 1. The van der Waals surface area contributed by atoms with Crippen molar-refractivity contribution in [3.63, 3.8) is 0 Å². The van der Waals surface area contributed by atoms with E-state index in [4.69, 9.17) is 4.74 Å². The summed E-state index contributed by atoms with van der Waals surface area (Å²) in [7, 11) is 0. The van der Waals surface area contributed by atoms with E-state index in [2.05, 4.69) is 6.92 Å². The van der Waals surface area contributed by atoms with Crippen molar-refractivity contribution in [3.05, 3.63) is 11.6 Å². The highest BCUT2D eigenvalue weighted by Crippen LogP contribution is 2.66. The van der Waals surface area contributed by atoms with Gasteiger partial charge >= 0.3 is 11.9 Å². The zero-order valence-electron chi connectivity index (χ0n) is 16.3. The van der Waals surface area contributed by atoms with Gasteiger partial charge in [0, 0.05) is 18.8 Å². The molecule has 0 spiro atoms. The maximum Gasteiger partial charge on any atom is 0.307 e. The molecule has 4 aliphatic rings. The first kappa shape index (κ1) is 18.7. The Morgan fingerprint density at radius 2 is 1.93 bits per heavy atom. The second-order valence-electron chi connectivity index (χ2n) is 9.50. The summed E-state index contributed by atoms with van der Waals surface area (Å²) < 4.78 is 5.54. The van der Waals surface area contributed by atoms with Gasteiger partial charge in [0.2, 0.25) is 0 Å². The molecule has 6 unspecified atom stereocenters. The average molecular weight is 374 g/mol. The Balaban J connectivity index is 1.68. The van der Waals surface area contributed by atoms with E-state index in [0.717, 1.165) is 44.9 Å². The molecular weight excluding hydrogens is 344 g/mol. The van der Waals surface area contributed by atoms with Crippen LogP contribution in [-0.4, -0.2) is 29.4 Å². The van der Waals surface area contributed by atoms with Crippen LogP contribution in [0.5, 0.6) is 0 Å². The fraction of sp³-hybridized carbons (Fsp3) is 0.773. The van der Waals surface area contributed by atoms with Gasteiger partial charge in [-0.05, 0) is 74.2 Å². The Bertz CT molecular complexity index is 709. The first-order chi connectivity index (χ1) is 12.8. The molecule has 0 amide bonds. The van der Waals surface area contributed by atoms with Gasteiger partial charge in [0.25, 0.3) is 0 Å². The van der Waals surface area contributed by atoms with E-state index in [-0.39, 0.29) is 28.5 Å². The maximum atomic E-state index is 12.1. The third kappa shape index (κ3) is 2.76. The van der Waals surface area contributed by atoms with E-state index in [0.29, 0.717) is 30.8 Å². The van der Waals surface area contributed by atoms with Crippen LogP contribution in [0.25, 0.3) is 0 Å². The van der Waals surface area contributed by atoms with Crippen LogP contribution in [0.1, 0.15) is 65.2 Å². The summed E-state index contributed by atoms with van der Waals surface area (Å²) in [6.07, 6.45) is 8.65. The Morgan fingerprint density at radius 1 is 1.15 bits per heavy atom. The van der Waals surface area contributed by atoms with Gasteiger partial charge in [-0.1, -0.05) is 12.5 Å². The van der Waals surface area contributed by atoms with Crippen molar-refractivity contribution in [2.75, 3.05) is 6.61 Å². The molecule has 0 aliphatic heterocycles. The molecular formula is C22H30O5. The highest BCUT2D eigenvalue weighted by molar-refractivity contribution is 5.91. The van der Waals surface area contributed by atoms with Crippen molar-refractivity contribution >= 4 is 17.7 Å². The molecule has 4 aliphatic carbocycles. The largest absolute Gasteiger partial charge is 0.481 e. The number of carbonyl (C=O) groups is 3. The van der Waals surface area contributed by atoms with Gasteiger partial charge < -0.3 is 9.84 Å². The minimum Gasteiger partial charge on any atom is -0.481 e. The lowest BCUT2D eigenvalue weighted by Gasteiger charge is -2.58. The number of ketones is 1. The standard InChI is InChI=1S/C22H30O5/c1-13(23)27-12-22-10-7-15(24)11-14(22)3-4-16-17-5-6-19(20(25)26)21(17,2)9-8-18(16)22/h11,16-19H,3-10,12H2,1-2H3,(H,25,26). The Kier molecular flexibility index (Phi) is 4.47. The molecule has 5 heteroatoms. The number of rotatable bonds is 3. The molecule has 0 saturated heterocycles. The zero-order chi connectivity index (χ0) is 19.4. The molecule has 1 N–H and O–H groups in total. The van der Waals surface area contributed by atoms with Gasteiger partial charge in [-0.2, -0.15) is 0 Å². The molecule has 4 rings (SSSR count). The van der Waals surface area contributed by atoms with Crippen molar-refractivity contribution in [2.45, 2.75) is 65.2 Å². The highest BCUT2D eigenvalue weighted by Gasteiger charge is 2.61. The molecule has 0 radical (unpaired) electrons. The summed E-state index contributed by atoms with van der Waals surface area (Å²) in [5, 5.41) is 9.72. The number of carbonyl (C=O) groups excluding carboxylic acids is 2. The predicted molar refractivity (Wildman–Crippen MR) is 98.8 cm³/mol. The fourth-order valence-corrected chi connectivity index (χ4v) is 7.27. The minimum absolute atomic E-state index is 0.124. The van der Waals surface area contributed by atoms with Gasteiger partial charge in [-0.25, -0.2) is 0 Å². The second kappa shape index (κ2) is 6.46. The van der Waals surface area contributed by atoms with E-state index in [1.54, 1.807) is 0 Å². The van der Waals surface area contributed by atoms with Gasteiger partial charge in [-0.3, -0.25) is 14.4 Å². The topological polar surface area (TPSA) is 80.7 Å². The zero-order valence-corrected chi connectivity index (χ0v) is 16.3. The number of fused-ring (bicyclic) bond motifs is 5. The molecule has 3 fully saturated rings. The summed E-state index contributed by atoms with van der Waals surface area (Å²) in [6, 6.07) is 0. The first-order valence-electron chi connectivity index (χ1n) is 10.4. The van der Waals surface area contributed by atoms with Crippen molar-refractivity contribution in [3.8, 4) is 0 Å². The average Bonchev–Trinajstić information content (AvgIpc) is 2.97. The van der Waals surface area contributed by atoms with Gasteiger partial charge in [0.1, 0.15) is 6.61 Å². The number of aliphatic carboxylic acids is 1. The van der Waals surface area contributed by atoms with Crippen LogP contribution < -0.4 is 0 Å². The lowest BCUT2D eigenvalue weighted by atomic mass is 9.46. The van der Waals surface area contributed by atoms with Crippen molar-refractivity contribution in [1.82, 2.24) is 0 Å². The molecule has 148 valence electrons. The normalized spacial score (nSPS) is 43.2.